The third kappa shape index (κ3) is 2.41. The molecule has 2 nitrogen and oxygen atoms in total. The Bertz CT molecular complexity index is 329. The van der Waals surface area contributed by atoms with Gasteiger partial charge in [0.2, 0.25) is 0 Å². The zero-order valence-electron chi connectivity index (χ0n) is 9.13. The summed E-state index contributed by atoms with van der Waals surface area (Å²) in [5.74, 6) is 0. The largest absolute Gasteiger partial charge is 0.397 e. The van der Waals surface area contributed by atoms with Crippen LogP contribution in [0.4, 0.5) is 11.4 Å². The fraction of sp³-hybridized carbons (Fsp3) is 0.455. The van der Waals surface area contributed by atoms with Gasteiger partial charge < -0.3 is 10.6 Å². The Labute approximate surface area is 94.2 Å². The van der Waals surface area contributed by atoms with E-state index in [9.17, 15) is 0 Å². The number of hydrogen-bond donors (Lipinski definition) is 1. The lowest BCUT2D eigenvalue weighted by atomic mass is 10.1. The lowest BCUT2D eigenvalue weighted by Gasteiger charge is -2.35. The molecular weight excluding hydrogens is 240 g/mol. The monoisotopic (exact) mass is 256 g/mol. The second-order valence-corrected chi connectivity index (χ2v) is 5.35. The molecule has 3 heteroatoms. The van der Waals surface area contributed by atoms with Gasteiger partial charge in [-0.3, -0.25) is 0 Å². The Morgan fingerprint density at radius 3 is 2.36 bits per heavy atom. The summed E-state index contributed by atoms with van der Waals surface area (Å²) < 4.78 is 1.05. The molecule has 1 rings (SSSR count). The first-order chi connectivity index (χ1) is 6.32. The summed E-state index contributed by atoms with van der Waals surface area (Å²) in [5, 5.41) is 0. The predicted octanol–water partition coefficient (Wildman–Crippen LogP) is 3.27. The molecule has 0 aliphatic rings. The van der Waals surface area contributed by atoms with Crippen LogP contribution in [0.1, 0.15) is 20.8 Å². The van der Waals surface area contributed by atoms with Crippen LogP contribution in [0.5, 0.6) is 0 Å². The van der Waals surface area contributed by atoms with Crippen molar-refractivity contribution in [2.75, 3.05) is 17.7 Å². The Kier molecular flexibility index (Phi) is 3.10. The van der Waals surface area contributed by atoms with E-state index in [1.807, 2.05) is 18.2 Å². The highest BCUT2D eigenvalue weighted by molar-refractivity contribution is 9.10. The summed E-state index contributed by atoms with van der Waals surface area (Å²) in [6.07, 6.45) is 0. The van der Waals surface area contributed by atoms with Crippen LogP contribution >= 0.6 is 15.9 Å². The highest BCUT2D eigenvalue weighted by atomic mass is 79.9. The molecule has 0 aliphatic carbocycles. The Morgan fingerprint density at radius 1 is 1.29 bits per heavy atom. The van der Waals surface area contributed by atoms with Crippen LogP contribution in [-0.4, -0.2) is 12.6 Å². The predicted molar refractivity (Wildman–Crippen MR) is 66.7 cm³/mol. The van der Waals surface area contributed by atoms with Gasteiger partial charge in [0.25, 0.3) is 0 Å². The SMILES string of the molecule is CN(c1cc(Br)ccc1N)C(C)(C)C. The third-order valence-corrected chi connectivity index (χ3v) is 2.85. The van der Waals surface area contributed by atoms with E-state index in [1.54, 1.807) is 0 Å². The van der Waals surface area contributed by atoms with Gasteiger partial charge in [-0.15, -0.1) is 0 Å². The molecule has 0 aliphatic heterocycles. The van der Waals surface area contributed by atoms with Gasteiger partial charge >= 0.3 is 0 Å². The van der Waals surface area contributed by atoms with Crippen molar-refractivity contribution in [1.29, 1.82) is 0 Å². The van der Waals surface area contributed by atoms with Crippen LogP contribution < -0.4 is 10.6 Å². The van der Waals surface area contributed by atoms with E-state index < -0.39 is 0 Å². The second kappa shape index (κ2) is 3.81. The minimum Gasteiger partial charge on any atom is -0.397 e. The van der Waals surface area contributed by atoms with Gasteiger partial charge in [0, 0.05) is 17.1 Å². The van der Waals surface area contributed by atoms with Crippen molar-refractivity contribution in [3.05, 3.63) is 22.7 Å². The van der Waals surface area contributed by atoms with Gasteiger partial charge in [-0.25, -0.2) is 0 Å². The lowest BCUT2D eigenvalue weighted by Crippen LogP contribution is -2.38. The van der Waals surface area contributed by atoms with Crippen molar-refractivity contribution >= 4 is 27.3 Å². The van der Waals surface area contributed by atoms with Gasteiger partial charge in [0.1, 0.15) is 0 Å². The van der Waals surface area contributed by atoms with Gasteiger partial charge in [-0.2, -0.15) is 0 Å². The van der Waals surface area contributed by atoms with E-state index in [0.29, 0.717) is 0 Å². The number of halogens is 1. The number of benzene rings is 1. The smallest absolute Gasteiger partial charge is 0.0612 e. The topological polar surface area (TPSA) is 29.3 Å². The van der Waals surface area contributed by atoms with Crippen molar-refractivity contribution in [2.24, 2.45) is 0 Å². The maximum Gasteiger partial charge on any atom is 0.0612 e. The molecular formula is C11H17BrN2. The molecule has 0 saturated carbocycles. The minimum atomic E-state index is 0.0783. The van der Waals surface area contributed by atoms with Gasteiger partial charge in [0.15, 0.2) is 0 Å². The highest BCUT2D eigenvalue weighted by Crippen LogP contribution is 2.30. The van der Waals surface area contributed by atoms with E-state index >= 15 is 0 Å². The fourth-order valence-electron chi connectivity index (χ4n) is 1.17. The van der Waals surface area contributed by atoms with Crippen molar-refractivity contribution in [3.63, 3.8) is 0 Å². The lowest BCUT2D eigenvalue weighted by molar-refractivity contribution is 0.539. The molecule has 0 aromatic heterocycles. The molecule has 0 amide bonds. The average molecular weight is 257 g/mol. The van der Waals surface area contributed by atoms with Gasteiger partial charge in [0.05, 0.1) is 11.4 Å². The van der Waals surface area contributed by atoms with Crippen molar-refractivity contribution < 1.29 is 0 Å². The molecule has 2 N–H and O–H groups in total. The number of rotatable bonds is 1. The normalized spacial score (nSPS) is 11.5. The summed E-state index contributed by atoms with van der Waals surface area (Å²) in [6, 6.07) is 5.91. The van der Waals surface area contributed by atoms with Crippen molar-refractivity contribution in [1.82, 2.24) is 0 Å². The molecule has 0 heterocycles. The molecule has 78 valence electrons. The van der Waals surface area contributed by atoms with Crippen LogP contribution in [0.2, 0.25) is 0 Å². The minimum absolute atomic E-state index is 0.0783. The number of hydrogen-bond acceptors (Lipinski definition) is 2. The van der Waals surface area contributed by atoms with E-state index in [1.165, 1.54) is 0 Å². The maximum atomic E-state index is 5.92. The molecule has 1 aromatic carbocycles. The molecule has 0 spiro atoms. The summed E-state index contributed by atoms with van der Waals surface area (Å²) in [4.78, 5) is 2.17. The molecule has 0 unspecified atom stereocenters. The number of nitrogens with zero attached hydrogens (tertiary/aromatic N) is 1. The first-order valence-electron chi connectivity index (χ1n) is 4.61. The highest BCUT2D eigenvalue weighted by Gasteiger charge is 2.19. The second-order valence-electron chi connectivity index (χ2n) is 4.43. The van der Waals surface area contributed by atoms with Gasteiger partial charge in [-0.05, 0) is 39.0 Å². The van der Waals surface area contributed by atoms with E-state index in [-0.39, 0.29) is 5.54 Å². The number of nitrogen functional groups attached to an aromatic ring is 1. The zero-order chi connectivity index (χ0) is 10.9. The van der Waals surface area contributed by atoms with Crippen molar-refractivity contribution in [3.8, 4) is 0 Å². The maximum absolute atomic E-state index is 5.92. The van der Waals surface area contributed by atoms with Gasteiger partial charge in [-0.1, -0.05) is 15.9 Å². The molecule has 0 atom stereocenters. The van der Waals surface area contributed by atoms with E-state index in [0.717, 1.165) is 15.8 Å². The summed E-state index contributed by atoms with van der Waals surface area (Å²) in [7, 11) is 2.05. The first-order valence-corrected chi connectivity index (χ1v) is 5.40. The molecule has 0 bridgehead atoms. The summed E-state index contributed by atoms with van der Waals surface area (Å²) in [5.41, 5.74) is 7.88. The molecule has 0 radical (unpaired) electrons. The molecule has 1 aromatic rings. The quantitative estimate of drug-likeness (QED) is 0.782. The van der Waals surface area contributed by atoms with Crippen molar-refractivity contribution in [2.45, 2.75) is 26.3 Å². The first kappa shape index (κ1) is 11.4. The Hall–Kier alpha value is -0.700. The van der Waals surface area contributed by atoms with Crippen LogP contribution in [0.25, 0.3) is 0 Å². The van der Waals surface area contributed by atoms with Crippen LogP contribution in [0.15, 0.2) is 22.7 Å². The third-order valence-electron chi connectivity index (χ3n) is 2.36. The van der Waals surface area contributed by atoms with Crippen LogP contribution in [0, 0.1) is 0 Å². The molecule has 14 heavy (non-hydrogen) atoms. The standard InChI is InChI=1S/C11H17BrN2/c1-11(2,3)14(4)10-7-8(12)5-6-9(10)13/h5-7H,13H2,1-4H3. The summed E-state index contributed by atoms with van der Waals surface area (Å²) >= 11 is 3.45. The Morgan fingerprint density at radius 2 is 1.86 bits per heavy atom. The fourth-order valence-corrected chi connectivity index (χ4v) is 1.52. The Balaban J connectivity index is 3.12. The number of nitrogens with two attached hydrogens (primary N) is 1. The average Bonchev–Trinajstić information content (AvgIpc) is 2.06. The molecule has 0 saturated heterocycles. The summed E-state index contributed by atoms with van der Waals surface area (Å²) in [6.45, 7) is 6.48. The van der Waals surface area contributed by atoms with Crippen LogP contribution in [-0.2, 0) is 0 Å². The molecule has 0 fully saturated rings. The van der Waals surface area contributed by atoms with E-state index in [2.05, 4.69) is 48.6 Å². The van der Waals surface area contributed by atoms with E-state index in [4.69, 9.17) is 5.73 Å². The zero-order valence-corrected chi connectivity index (χ0v) is 10.7. The van der Waals surface area contributed by atoms with Crippen LogP contribution in [0.3, 0.4) is 0 Å². The number of anilines is 2.